The van der Waals surface area contributed by atoms with Crippen LogP contribution in [0.4, 0.5) is 0 Å². The van der Waals surface area contributed by atoms with Crippen LogP contribution in [-0.2, 0) is 22.7 Å². The van der Waals surface area contributed by atoms with Crippen LogP contribution in [0, 0.1) is 6.92 Å². The number of aryl methyl sites for hydroxylation is 1. The number of esters is 1. The van der Waals surface area contributed by atoms with E-state index in [1.807, 2.05) is 6.92 Å². The lowest BCUT2D eigenvalue weighted by molar-refractivity contribution is 0.0593. The normalized spacial score (nSPS) is 13.7. The number of ether oxygens (including phenoxy) is 2. The molecule has 0 amide bonds. The zero-order valence-electron chi connectivity index (χ0n) is 8.66. The standard InChI is InChI=1S/C11H12O4/c1-6-3-9(12)10(11(13)14-2)8-5-15-4-7(6)8/h3,12H,4-5H2,1-2H3. The van der Waals surface area contributed by atoms with Gasteiger partial charge in [0.25, 0.3) is 0 Å². The summed E-state index contributed by atoms with van der Waals surface area (Å²) >= 11 is 0. The van der Waals surface area contributed by atoms with Crippen molar-refractivity contribution in [2.45, 2.75) is 20.1 Å². The van der Waals surface area contributed by atoms with Crippen LogP contribution < -0.4 is 0 Å². The maximum atomic E-state index is 11.5. The smallest absolute Gasteiger partial charge is 0.342 e. The summed E-state index contributed by atoms with van der Waals surface area (Å²) in [7, 11) is 1.30. The molecule has 15 heavy (non-hydrogen) atoms. The average Bonchev–Trinajstić information content (AvgIpc) is 2.66. The fourth-order valence-corrected chi connectivity index (χ4v) is 1.85. The number of carbonyl (C=O) groups is 1. The molecule has 0 unspecified atom stereocenters. The van der Waals surface area contributed by atoms with Crippen LogP contribution >= 0.6 is 0 Å². The van der Waals surface area contributed by atoms with Gasteiger partial charge >= 0.3 is 5.97 Å². The number of phenolic OH excluding ortho intramolecular Hbond substituents is 1. The van der Waals surface area contributed by atoms with E-state index in [-0.39, 0.29) is 11.3 Å². The molecule has 4 nitrogen and oxygen atoms in total. The highest BCUT2D eigenvalue weighted by molar-refractivity contribution is 5.94. The van der Waals surface area contributed by atoms with Crippen molar-refractivity contribution in [2.24, 2.45) is 0 Å². The lowest BCUT2D eigenvalue weighted by Crippen LogP contribution is -2.07. The zero-order chi connectivity index (χ0) is 11.0. The molecular formula is C11H12O4. The van der Waals surface area contributed by atoms with E-state index < -0.39 is 5.97 Å². The van der Waals surface area contributed by atoms with Crippen molar-refractivity contribution in [1.29, 1.82) is 0 Å². The van der Waals surface area contributed by atoms with E-state index >= 15 is 0 Å². The van der Waals surface area contributed by atoms with Gasteiger partial charge in [-0.1, -0.05) is 0 Å². The molecule has 0 bridgehead atoms. The van der Waals surface area contributed by atoms with Gasteiger partial charge in [-0.15, -0.1) is 0 Å². The van der Waals surface area contributed by atoms with E-state index in [2.05, 4.69) is 4.74 Å². The number of fused-ring (bicyclic) bond motifs is 1. The lowest BCUT2D eigenvalue weighted by atomic mass is 9.98. The maximum Gasteiger partial charge on any atom is 0.342 e. The molecular weight excluding hydrogens is 196 g/mol. The number of phenols is 1. The minimum Gasteiger partial charge on any atom is -0.507 e. The Morgan fingerprint density at radius 3 is 2.80 bits per heavy atom. The van der Waals surface area contributed by atoms with Crippen LogP contribution in [0.15, 0.2) is 6.07 Å². The molecule has 1 aliphatic heterocycles. The first kappa shape index (κ1) is 9.98. The van der Waals surface area contributed by atoms with Crippen molar-refractivity contribution in [3.63, 3.8) is 0 Å². The van der Waals surface area contributed by atoms with Gasteiger partial charge in [0.05, 0.1) is 20.3 Å². The third-order valence-corrected chi connectivity index (χ3v) is 2.63. The Bertz CT molecular complexity index is 423. The minimum absolute atomic E-state index is 0.0383. The Labute approximate surface area is 87.4 Å². The van der Waals surface area contributed by atoms with Gasteiger partial charge in [-0.05, 0) is 24.1 Å². The Morgan fingerprint density at radius 1 is 1.47 bits per heavy atom. The number of methoxy groups -OCH3 is 1. The van der Waals surface area contributed by atoms with E-state index in [0.717, 1.165) is 16.7 Å². The first-order chi connectivity index (χ1) is 7.15. The number of rotatable bonds is 1. The first-order valence-corrected chi connectivity index (χ1v) is 4.65. The molecule has 0 radical (unpaired) electrons. The molecule has 0 saturated carbocycles. The second kappa shape index (κ2) is 3.55. The summed E-state index contributed by atoms with van der Waals surface area (Å²) in [6, 6.07) is 1.57. The molecule has 1 N–H and O–H groups in total. The summed E-state index contributed by atoms with van der Waals surface area (Å²) in [6.45, 7) is 2.73. The molecule has 1 aromatic carbocycles. The van der Waals surface area contributed by atoms with Gasteiger partial charge in [-0.25, -0.2) is 4.79 Å². The topological polar surface area (TPSA) is 55.8 Å². The van der Waals surface area contributed by atoms with Gasteiger partial charge in [0.2, 0.25) is 0 Å². The third kappa shape index (κ3) is 1.47. The highest BCUT2D eigenvalue weighted by atomic mass is 16.5. The number of aromatic hydroxyl groups is 1. The highest BCUT2D eigenvalue weighted by Crippen LogP contribution is 2.33. The Hall–Kier alpha value is -1.55. The van der Waals surface area contributed by atoms with Gasteiger partial charge < -0.3 is 14.6 Å². The quantitative estimate of drug-likeness (QED) is 0.711. The molecule has 1 heterocycles. The fraction of sp³-hybridized carbons (Fsp3) is 0.364. The second-order valence-corrected chi connectivity index (χ2v) is 3.53. The van der Waals surface area contributed by atoms with E-state index in [0.29, 0.717) is 13.2 Å². The molecule has 0 aliphatic carbocycles. The average molecular weight is 208 g/mol. The number of carbonyl (C=O) groups excluding carboxylic acids is 1. The molecule has 0 aromatic heterocycles. The first-order valence-electron chi connectivity index (χ1n) is 4.65. The lowest BCUT2D eigenvalue weighted by Gasteiger charge is -2.09. The number of hydrogen-bond acceptors (Lipinski definition) is 4. The molecule has 0 saturated heterocycles. The monoisotopic (exact) mass is 208 g/mol. The molecule has 2 rings (SSSR count). The van der Waals surface area contributed by atoms with Crippen LogP contribution in [0.25, 0.3) is 0 Å². The minimum atomic E-state index is -0.519. The van der Waals surface area contributed by atoms with Crippen LogP contribution in [0.1, 0.15) is 27.0 Å². The molecule has 0 spiro atoms. The SMILES string of the molecule is COC(=O)c1c(O)cc(C)c2c1COC2. The van der Waals surface area contributed by atoms with Crippen molar-refractivity contribution >= 4 is 5.97 Å². The van der Waals surface area contributed by atoms with Crippen molar-refractivity contribution < 1.29 is 19.4 Å². The van der Waals surface area contributed by atoms with Crippen LogP contribution in [-0.4, -0.2) is 18.2 Å². The van der Waals surface area contributed by atoms with Crippen molar-refractivity contribution in [1.82, 2.24) is 0 Å². The van der Waals surface area contributed by atoms with E-state index in [1.54, 1.807) is 6.07 Å². The molecule has 80 valence electrons. The van der Waals surface area contributed by atoms with Gasteiger partial charge in [0.1, 0.15) is 11.3 Å². The largest absolute Gasteiger partial charge is 0.507 e. The van der Waals surface area contributed by atoms with Crippen LogP contribution in [0.2, 0.25) is 0 Å². The van der Waals surface area contributed by atoms with Crippen LogP contribution in [0.5, 0.6) is 5.75 Å². The van der Waals surface area contributed by atoms with Crippen LogP contribution in [0.3, 0.4) is 0 Å². The second-order valence-electron chi connectivity index (χ2n) is 3.53. The number of benzene rings is 1. The zero-order valence-corrected chi connectivity index (χ0v) is 8.66. The van der Waals surface area contributed by atoms with E-state index in [1.165, 1.54) is 7.11 Å². The fourth-order valence-electron chi connectivity index (χ4n) is 1.85. The van der Waals surface area contributed by atoms with Gasteiger partial charge in [0, 0.05) is 5.56 Å². The Balaban J connectivity index is 2.64. The third-order valence-electron chi connectivity index (χ3n) is 2.63. The summed E-state index contributed by atoms with van der Waals surface area (Å²) in [4.78, 5) is 11.5. The summed E-state index contributed by atoms with van der Waals surface area (Å²) in [5.74, 6) is -0.558. The molecule has 1 aromatic rings. The highest BCUT2D eigenvalue weighted by Gasteiger charge is 2.25. The molecule has 0 fully saturated rings. The van der Waals surface area contributed by atoms with Crippen molar-refractivity contribution in [3.05, 3.63) is 28.3 Å². The van der Waals surface area contributed by atoms with Gasteiger partial charge in [0.15, 0.2) is 0 Å². The van der Waals surface area contributed by atoms with E-state index in [9.17, 15) is 9.90 Å². The molecule has 0 atom stereocenters. The van der Waals surface area contributed by atoms with Crippen molar-refractivity contribution in [2.75, 3.05) is 7.11 Å². The predicted molar refractivity (Wildman–Crippen MR) is 52.7 cm³/mol. The van der Waals surface area contributed by atoms with Crippen molar-refractivity contribution in [3.8, 4) is 5.75 Å². The summed E-state index contributed by atoms with van der Waals surface area (Å²) in [5.41, 5.74) is 2.90. The number of hydrogen-bond donors (Lipinski definition) is 1. The predicted octanol–water partition coefficient (Wildman–Crippen LogP) is 1.52. The summed E-state index contributed by atoms with van der Waals surface area (Å²) in [6.07, 6.45) is 0. The van der Waals surface area contributed by atoms with Gasteiger partial charge in [-0.3, -0.25) is 0 Å². The summed E-state index contributed by atoms with van der Waals surface area (Å²) < 4.78 is 9.89. The van der Waals surface area contributed by atoms with E-state index in [4.69, 9.17) is 4.74 Å². The molecule has 1 aliphatic rings. The summed E-state index contributed by atoms with van der Waals surface area (Å²) in [5, 5.41) is 9.70. The Morgan fingerprint density at radius 2 is 2.13 bits per heavy atom. The maximum absolute atomic E-state index is 11.5. The van der Waals surface area contributed by atoms with Gasteiger partial charge in [-0.2, -0.15) is 0 Å². The Kier molecular flexibility index (Phi) is 2.36. The molecule has 4 heteroatoms.